The molecule has 0 bridgehead atoms. The summed E-state index contributed by atoms with van der Waals surface area (Å²) in [6.07, 6.45) is 4.58. The molecule has 1 N–H and O–H groups in total. The third kappa shape index (κ3) is 3.78. The highest BCUT2D eigenvalue weighted by atomic mass is 79.9. The molecule has 0 aromatic carbocycles. The number of rotatable bonds is 4. The number of nitrogens with zero attached hydrogens (tertiary/aromatic N) is 3. The topological polar surface area (TPSA) is 50.7 Å². The van der Waals surface area contributed by atoms with Crippen LogP contribution in [0.2, 0.25) is 0 Å². The molecule has 2 aromatic heterocycles. The van der Waals surface area contributed by atoms with E-state index in [1.807, 2.05) is 25.3 Å². The third-order valence-corrected chi connectivity index (χ3v) is 2.66. The summed E-state index contributed by atoms with van der Waals surface area (Å²) >= 11 is 3.35. The number of hydrogen-bond donors (Lipinski definition) is 1. The minimum absolute atomic E-state index is 0.753. The van der Waals surface area contributed by atoms with Crippen LogP contribution in [0, 0.1) is 6.92 Å². The predicted molar refractivity (Wildman–Crippen MR) is 70.9 cm³/mol. The zero-order chi connectivity index (χ0) is 12.1. The van der Waals surface area contributed by atoms with Crippen molar-refractivity contribution < 1.29 is 0 Å². The molecule has 0 unspecified atom stereocenters. The summed E-state index contributed by atoms with van der Waals surface area (Å²) in [4.78, 5) is 12.5. The molecular formula is C12H13BrN4. The van der Waals surface area contributed by atoms with Crippen LogP contribution in [-0.2, 0) is 6.42 Å². The number of anilines is 1. The van der Waals surface area contributed by atoms with Crippen LogP contribution in [-0.4, -0.2) is 21.5 Å². The molecule has 0 spiro atoms. The molecule has 0 amide bonds. The summed E-state index contributed by atoms with van der Waals surface area (Å²) < 4.78 is 0.800. The highest BCUT2D eigenvalue weighted by molar-refractivity contribution is 9.10. The van der Waals surface area contributed by atoms with Crippen molar-refractivity contribution in [1.82, 2.24) is 15.0 Å². The smallest absolute Gasteiger partial charge is 0.130 e. The highest BCUT2D eigenvalue weighted by Crippen LogP contribution is 2.11. The fraction of sp³-hybridized carbons (Fsp3) is 0.250. The Balaban J connectivity index is 1.90. The molecule has 0 aliphatic rings. The Morgan fingerprint density at radius 2 is 2.24 bits per heavy atom. The first-order valence-electron chi connectivity index (χ1n) is 5.38. The maximum Gasteiger partial charge on any atom is 0.130 e. The van der Waals surface area contributed by atoms with E-state index in [1.54, 1.807) is 6.20 Å². The number of halogens is 1. The Morgan fingerprint density at radius 3 is 2.94 bits per heavy atom. The Kier molecular flexibility index (Phi) is 4.03. The van der Waals surface area contributed by atoms with E-state index in [-0.39, 0.29) is 0 Å². The van der Waals surface area contributed by atoms with Crippen molar-refractivity contribution >= 4 is 21.7 Å². The van der Waals surface area contributed by atoms with E-state index in [0.717, 1.165) is 29.2 Å². The molecule has 0 atom stereocenters. The SMILES string of the molecule is Cc1nc(Br)cc(NCCc2cccnc2)n1. The molecule has 2 heterocycles. The zero-order valence-corrected chi connectivity index (χ0v) is 11.1. The molecule has 5 heteroatoms. The van der Waals surface area contributed by atoms with Crippen LogP contribution < -0.4 is 5.32 Å². The van der Waals surface area contributed by atoms with Gasteiger partial charge in [0.25, 0.3) is 0 Å². The molecule has 4 nitrogen and oxygen atoms in total. The standard InChI is InChI=1S/C12H13BrN4/c1-9-16-11(13)7-12(17-9)15-6-4-10-3-2-5-14-8-10/h2-3,5,7-8H,4,6H2,1H3,(H,15,16,17). The van der Waals surface area contributed by atoms with Gasteiger partial charge < -0.3 is 5.32 Å². The van der Waals surface area contributed by atoms with Crippen LogP contribution in [0.4, 0.5) is 5.82 Å². The average Bonchev–Trinajstić information content (AvgIpc) is 2.29. The van der Waals surface area contributed by atoms with Gasteiger partial charge in [-0.3, -0.25) is 4.98 Å². The third-order valence-electron chi connectivity index (χ3n) is 2.25. The van der Waals surface area contributed by atoms with Gasteiger partial charge in [0.2, 0.25) is 0 Å². The Bertz CT molecular complexity index is 467. The lowest BCUT2D eigenvalue weighted by Crippen LogP contribution is -2.07. The molecule has 2 aromatic rings. The molecule has 0 saturated carbocycles. The Morgan fingerprint density at radius 1 is 1.35 bits per heavy atom. The van der Waals surface area contributed by atoms with E-state index in [0.29, 0.717) is 0 Å². The predicted octanol–water partition coefficient (Wildman–Crippen LogP) is 2.60. The second-order valence-corrected chi connectivity index (χ2v) is 4.47. The second-order valence-electron chi connectivity index (χ2n) is 3.66. The molecule has 0 radical (unpaired) electrons. The van der Waals surface area contributed by atoms with E-state index < -0.39 is 0 Å². The average molecular weight is 293 g/mol. The van der Waals surface area contributed by atoms with E-state index >= 15 is 0 Å². The Labute approximate surface area is 109 Å². The van der Waals surface area contributed by atoms with Crippen molar-refractivity contribution in [1.29, 1.82) is 0 Å². The molecule has 0 fully saturated rings. The lowest BCUT2D eigenvalue weighted by atomic mass is 10.2. The van der Waals surface area contributed by atoms with Crippen molar-refractivity contribution in [2.75, 3.05) is 11.9 Å². The van der Waals surface area contributed by atoms with Gasteiger partial charge in [-0.05, 0) is 40.9 Å². The number of hydrogen-bond acceptors (Lipinski definition) is 4. The van der Waals surface area contributed by atoms with Crippen molar-refractivity contribution in [2.45, 2.75) is 13.3 Å². The van der Waals surface area contributed by atoms with Crippen LogP contribution in [0.15, 0.2) is 35.2 Å². The number of nitrogens with one attached hydrogen (secondary N) is 1. The maximum absolute atomic E-state index is 4.30. The van der Waals surface area contributed by atoms with Crippen molar-refractivity contribution in [3.63, 3.8) is 0 Å². The zero-order valence-electron chi connectivity index (χ0n) is 9.52. The fourth-order valence-electron chi connectivity index (χ4n) is 1.50. The van der Waals surface area contributed by atoms with Gasteiger partial charge in [0, 0.05) is 25.0 Å². The summed E-state index contributed by atoms with van der Waals surface area (Å²) in [6, 6.07) is 5.88. The van der Waals surface area contributed by atoms with Gasteiger partial charge in [-0.2, -0.15) is 0 Å². The van der Waals surface area contributed by atoms with E-state index in [4.69, 9.17) is 0 Å². The van der Waals surface area contributed by atoms with E-state index in [9.17, 15) is 0 Å². The van der Waals surface area contributed by atoms with Gasteiger partial charge in [-0.1, -0.05) is 6.07 Å². The summed E-state index contributed by atoms with van der Waals surface area (Å²) in [5.74, 6) is 1.59. The number of aromatic nitrogens is 3. The monoisotopic (exact) mass is 292 g/mol. The lowest BCUT2D eigenvalue weighted by molar-refractivity contribution is 0.968. The largest absolute Gasteiger partial charge is 0.370 e. The van der Waals surface area contributed by atoms with Crippen LogP contribution in [0.1, 0.15) is 11.4 Å². The van der Waals surface area contributed by atoms with Gasteiger partial charge in [0.1, 0.15) is 16.2 Å². The molecular weight excluding hydrogens is 280 g/mol. The second kappa shape index (κ2) is 5.72. The minimum atomic E-state index is 0.753. The number of pyridine rings is 1. The van der Waals surface area contributed by atoms with E-state index in [1.165, 1.54) is 5.56 Å². The minimum Gasteiger partial charge on any atom is -0.370 e. The van der Waals surface area contributed by atoms with Crippen molar-refractivity contribution in [3.05, 3.63) is 46.6 Å². The first-order valence-corrected chi connectivity index (χ1v) is 6.17. The Hall–Kier alpha value is -1.49. The van der Waals surface area contributed by atoms with Gasteiger partial charge in [-0.15, -0.1) is 0 Å². The normalized spacial score (nSPS) is 10.2. The fourth-order valence-corrected chi connectivity index (χ4v) is 1.98. The van der Waals surface area contributed by atoms with Gasteiger partial charge >= 0.3 is 0 Å². The molecule has 0 aliphatic carbocycles. The molecule has 17 heavy (non-hydrogen) atoms. The lowest BCUT2D eigenvalue weighted by Gasteiger charge is -2.06. The van der Waals surface area contributed by atoms with Crippen molar-refractivity contribution in [2.24, 2.45) is 0 Å². The van der Waals surface area contributed by atoms with Gasteiger partial charge in [0.15, 0.2) is 0 Å². The van der Waals surface area contributed by atoms with Crippen LogP contribution in [0.3, 0.4) is 0 Å². The summed E-state index contributed by atoms with van der Waals surface area (Å²) in [7, 11) is 0. The van der Waals surface area contributed by atoms with E-state index in [2.05, 4.69) is 42.3 Å². The molecule has 88 valence electrons. The molecule has 0 saturated heterocycles. The maximum atomic E-state index is 4.30. The van der Waals surface area contributed by atoms with Gasteiger partial charge in [-0.25, -0.2) is 9.97 Å². The quantitative estimate of drug-likeness (QED) is 0.880. The summed E-state index contributed by atoms with van der Waals surface area (Å²) in [5.41, 5.74) is 1.21. The molecule has 2 rings (SSSR count). The molecule has 0 aliphatic heterocycles. The van der Waals surface area contributed by atoms with Crippen LogP contribution in [0.25, 0.3) is 0 Å². The first kappa shape index (κ1) is 12.0. The highest BCUT2D eigenvalue weighted by Gasteiger charge is 1.99. The number of aryl methyl sites for hydroxylation is 1. The van der Waals surface area contributed by atoms with Gasteiger partial charge in [0.05, 0.1) is 0 Å². The van der Waals surface area contributed by atoms with Crippen LogP contribution in [0.5, 0.6) is 0 Å². The first-order chi connectivity index (χ1) is 8.24. The van der Waals surface area contributed by atoms with Crippen molar-refractivity contribution in [3.8, 4) is 0 Å². The van der Waals surface area contributed by atoms with Crippen LogP contribution >= 0.6 is 15.9 Å². The summed E-state index contributed by atoms with van der Waals surface area (Å²) in [6.45, 7) is 2.70. The summed E-state index contributed by atoms with van der Waals surface area (Å²) in [5, 5.41) is 3.27.